The minimum Gasteiger partial charge on any atom is -0.477 e. The summed E-state index contributed by atoms with van der Waals surface area (Å²) < 4.78 is 65.2. The van der Waals surface area contributed by atoms with E-state index in [0.717, 1.165) is 6.07 Å². The summed E-state index contributed by atoms with van der Waals surface area (Å²) >= 11 is 0. The summed E-state index contributed by atoms with van der Waals surface area (Å²) in [6.45, 7) is 1.65. The van der Waals surface area contributed by atoms with E-state index in [1.165, 1.54) is 18.2 Å². The number of amides is 1. The number of fused-ring (bicyclic) bond motifs is 1. The minimum atomic E-state index is -4.56. The second-order valence-electron chi connectivity index (χ2n) is 7.20. The molecule has 2 aromatic rings. The fraction of sp³-hybridized carbons (Fsp3) is 0.381. The molecule has 1 fully saturated rings. The van der Waals surface area contributed by atoms with Gasteiger partial charge in [0.25, 0.3) is 5.91 Å². The zero-order valence-electron chi connectivity index (χ0n) is 16.0. The maximum Gasteiger partial charge on any atom is 0.416 e. The molecular weight excluding hydrogens is 404 g/mol. The van der Waals surface area contributed by atoms with Gasteiger partial charge in [-0.2, -0.15) is 13.2 Å². The van der Waals surface area contributed by atoms with Crippen LogP contribution in [-0.4, -0.2) is 38.3 Å². The Morgan fingerprint density at radius 1 is 1.17 bits per heavy atom. The van der Waals surface area contributed by atoms with E-state index in [4.69, 9.17) is 9.47 Å². The first-order chi connectivity index (χ1) is 14.3. The highest BCUT2D eigenvalue weighted by atomic mass is 19.4. The molecule has 160 valence electrons. The first kappa shape index (κ1) is 20.5. The van der Waals surface area contributed by atoms with E-state index >= 15 is 0 Å². The second kappa shape index (κ2) is 8.14. The van der Waals surface area contributed by atoms with Crippen LogP contribution in [0.4, 0.5) is 23.2 Å². The molecule has 0 bridgehead atoms. The van der Waals surface area contributed by atoms with E-state index in [1.54, 1.807) is 12.1 Å². The lowest BCUT2D eigenvalue weighted by atomic mass is 10.0. The molecule has 1 unspecified atom stereocenters. The summed E-state index contributed by atoms with van der Waals surface area (Å²) in [6, 6.07) is 8.48. The molecule has 1 saturated heterocycles. The van der Waals surface area contributed by atoms with E-state index in [0.29, 0.717) is 37.6 Å². The molecule has 2 heterocycles. The van der Waals surface area contributed by atoms with Gasteiger partial charge in [-0.15, -0.1) is 0 Å². The number of morpholine rings is 1. The number of anilines is 1. The van der Waals surface area contributed by atoms with Gasteiger partial charge in [0, 0.05) is 37.3 Å². The lowest BCUT2D eigenvalue weighted by Gasteiger charge is -2.29. The van der Waals surface area contributed by atoms with E-state index in [9.17, 15) is 22.4 Å². The number of hydrogen-bond donors (Lipinski definition) is 1. The lowest BCUT2D eigenvalue weighted by molar-refractivity contribution is -0.138. The van der Waals surface area contributed by atoms with Crippen LogP contribution in [0, 0.1) is 5.82 Å². The monoisotopic (exact) mass is 424 g/mol. The van der Waals surface area contributed by atoms with Crippen LogP contribution in [-0.2, 0) is 28.7 Å². The highest BCUT2D eigenvalue weighted by Crippen LogP contribution is 2.35. The summed E-state index contributed by atoms with van der Waals surface area (Å²) in [6.07, 6.45) is -5.37. The Hall–Kier alpha value is -2.81. The number of nitrogens with one attached hydrogen (secondary N) is 1. The predicted molar refractivity (Wildman–Crippen MR) is 101 cm³/mol. The largest absolute Gasteiger partial charge is 0.477 e. The number of carbonyl (C=O) groups is 1. The van der Waals surface area contributed by atoms with Crippen molar-refractivity contribution in [2.75, 3.05) is 31.2 Å². The summed E-state index contributed by atoms with van der Waals surface area (Å²) in [4.78, 5) is 14.2. The van der Waals surface area contributed by atoms with Gasteiger partial charge in [0.05, 0.1) is 18.8 Å². The van der Waals surface area contributed by atoms with Crippen LogP contribution in [0.2, 0.25) is 0 Å². The Morgan fingerprint density at radius 2 is 1.93 bits per heavy atom. The number of ether oxygens (including phenoxy) is 2. The Bertz CT molecular complexity index is 942. The van der Waals surface area contributed by atoms with Crippen molar-refractivity contribution in [1.29, 1.82) is 0 Å². The van der Waals surface area contributed by atoms with Gasteiger partial charge in [-0.25, -0.2) is 4.39 Å². The van der Waals surface area contributed by atoms with Crippen LogP contribution < -0.4 is 15.0 Å². The van der Waals surface area contributed by atoms with Gasteiger partial charge in [-0.3, -0.25) is 4.79 Å². The Morgan fingerprint density at radius 3 is 2.63 bits per heavy atom. The van der Waals surface area contributed by atoms with Crippen LogP contribution in [0.3, 0.4) is 0 Å². The molecule has 0 aromatic heterocycles. The molecule has 30 heavy (non-hydrogen) atoms. The third kappa shape index (κ3) is 4.21. The first-order valence-electron chi connectivity index (χ1n) is 9.57. The summed E-state index contributed by atoms with van der Waals surface area (Å²) in [5.41, 5.74) is 0.176. The van der Waals surface area contributed by atoms with Crippen molar-refractivity contribution in [2.45, 2.75) is 25.2 Å². The van der Waals surface area contributed by atoms with Crippen molar-refractivity contribution in [3.8, 4) is 5.75 Å². The van der Waals surface area contributed by atoms with Gasteiger partial charge in [0.1, 0.15) is 0 Å². The van der Waals surface area contributed by atoms with Crippen LogP contribution in [0.5, 0.6) is 5.75 Å². The first-order valence-corrected chi connectivity index (χ1v) is 9.57. The molecule has 2 aliphatic rings. The SMILES string of the molecule is O=C(NCc1ccc(N2CCOCC2)cc1C(F)(F)F)C1Cc2cccc(F)c2O1. The van der Waals surface area contributed by atoms with Crippen molar-refractivity contribution < 1.29 is 31.8 Å². The Balaban J connectivity index is 1.46. The number of halogens is 4. The van der Waals surface area contributed by atoms with Gasteiger partial charge in [-0.1, -0.05) is 18.2 Å². The van der Waals surface area contributed by atoms with Gasteiger partial charge in [0.15, 0.2) is 17.7 Å². The third-order valence-electron chi connectivity index (χ3n) is 5.23. The maximum absolute atomic E-state index is 13.8. The smallest absolute Gasteiger partial charge is 0.416 e. The molecule has 1 atom stereocenters. The van der Waals surface area contributed by atoms with E-state index < -0.39 is 29.6 Å². The molecule has 0 aliphatic carbocycles. The molecule has 1 amide bonds. The predicted octanol–water partition coefficient (Wildman–Crippen LogP) is 3.30. The van der Waals surface area contributed by atoms with E-state index in [2.05, 4.69) is 5.32 Å². The number of para-hydroxylation sites is 1. The standard InChI is InChI=1S/C21H20F4N2O3/c22-17-3-1-2-13-10-18(30-19(13)17)20(28)26-12-14-4-5-15(11-16(14)21(23,24)25)27-6-8-29-9-7-27/h1-5,11,18H,6-10,12H2,(H,26,28). The number of benzene rings is 2. The zero-order chi connectivity index (χ0) is 21.3. The molecule has 4 rings (SSSR count). The number of hydrogen-bond acceptors (Lipinski definition) is 4. The third-order valence-corrected chi connectivity index (χ3v) is 5.23. The fourth-order valence-electron chi connectivity index (χ4n) is 3.67. The van der Waals surface area contributed by atoms with Crippen LogP contribution >= 0.6 is 0 Å². The highest BCUT2D eigenvalue weighted by Gasteiger charge is 2.35. The Labute approximate surface area is 170 Å². The normalized spacial score (nSPS) is 18.7. The van der Waals surface area contributed by atoms with Gasteiger partial charge < -0.3 is 19.7 Å². The number of carbonyl (C=O) groups excluding carboxylic acids is 1. The van der Waals surface area contributed by atoms with Crippen LogP contribution in [0.25, 0.3) is 0 Å². The molecule has 5 nitrogen and oxygen atoms in total. The summed E-state index contributed by atoms with van der Waals surface area (Å²) in [5, 5.41) is 2.49. The minimum absolute atomic E-state index is 0.0171. The van der Waals surface area contributed by atoms with Crippen molar-refractivity contribution in [3.63, 3.8) is 0 Å². The molecule has 2 aliphatic heterocycles. The maximum atomic E-state index is 13.8. The summed E-state index contributed by atoms with van der Waals surface area (Å²) in [5.74, 6) is -1.14. The van der Waals surface area contributed by atoms with E-state index in [1.807, 2.05) is 4.90 Å². The second-order valence-corrected chi connectivity index (χ2v) is 7.20. The lowest BCUT2D eigenvalue weighted by Crippen LogP contribution is -2.38. The summed E-state index contributed by atoms with van der Waals surface area (Å²) in [7, 11) is 0. The van der Waals surface area contributed by atoms with Gasteiger partial charge in [0.2, 0.25) is 0 Å². The van der Waals surface area contributed by atoms with Gasteiger partial charge in [-0.05, 0) is 23.8 Å². The average Bonchev–Trinajstić information content (AvgIpc) is 3.18. The van der Waals surface area contributed by atoms with Crippen LogP contribution in [0.1, 0.15) is 16.7 Å². The number of nitrogens with zero attached hydrogens (tertiary/aromatic N) is 1. The van der Waals surface area contributed by atoms with Gasteiger partial charge >= 0.3 is 6.18 Å². The zero-order valence-corrected chi connectivity index (χ0v) is 16.0. The van der Waals surface area contributed by atoms with Crippen molar-refractivity contribution in [1.82, 2.24) is 5.32 Å². The number of rotatable bonds is 4. The molecular formula is C21H20F4N2O3. The topological polar surface area (TPSA) is 50.8 Å². The average molecular weight is 424 g/mol. The molecule has 0 spiro atoms. The molecule has 0 radical (unpaired) electrons. The van der Waals surface area contributed by atoms with Crippen molar-refractivity contribution in [2.24, 2.45) is 0 Å². The molecule has 0 saturated carbocycles. The molecule has 1 N–H and O–H groups in total. The number of alkyl halides is 3. The fourth-order valence-corrected chi connectivity index (χ4v) is 3.67. The van der Waals surface area contributed by atoms with Crippen molar-refractivity contribution >= 4 is 11.6 Å². The molecule has 2 aromatic carbocycles. The quantitative estimate of drug-likeness (QED) is 0.766. The Kier molecular flexibility index (Phi) is 5.55. The van der Waals surface area contributed by atoms with Crippen molar-refractivity contribution in [3.05, 3.63) is 58.9 Å². The van der Waals surface area contributed by atoms with Crippen LogP contribution in [0.15, 0.2) is 36.4 Å². The van der Waals surface area contributed by atoms with E-state index in [-0.39, 0.29) is 24.3 Å². The molecule has 9 heteroatoms. The highest BCUT2D eigenvalue weighted by molar-refractivity contribution is 5.82.